The van der Waals surface area contributed by atoms with Crippen molar-refractivity contribution in [3.63, 3.8) is 0 Å². The van der Waals surface area contributed by atoms with Gasteiger partial charge < -0.3 is 15.8 Å². The Morgan fingerprint density at radius 2 is 1.97 bits per heavy atom. The number of nitrogens with zero attached hydrogens (tertiary/aromatic N) is 3. The number of sulfonamides is 1. The highest BCUT2D eigenvalue weighted by Gasteiger charge is 2.36. The van der Waals surface area contributed by atoms with Crippen molar-refractivity contribution in [3.05, 3.63) is 47.7 Å². The second-order valence-corrected chi connectivity index (χ2v) is 9.96. The SMILES string of the molecule is CCOc1cncc(-c2ccc(NC(=O)C(N)c3csc(NS(=O)(=O)C4CC4)n3)cc2)n1.Cl. The van der Waals surface area contributed by atoms with E-state index in [-0.39, 0.29) is 22.8 Å². The Kier molecular flexibility index (Phi) is 7.84. The fourth-order valence-electron chi connectivity index (χ4n) is 2.84. The number of nitrogens with one attached hydrogen (secondary N) is 2. The zero-order chi connectivity index (χ0) is 22.7. The molecule has 176 valence electrons. The van der Waals surface area contributed by atoms with Crippen LogP contribution in [-0.4, -0.2) is 41.1 Å². The van der Waals surface area contributed by atoms with Gasteiger partial charge in [-0.25, -0.2) is 18.4 Å². The Morgan fingerprint density at radius 3 is 2.64 bits per heavy atom. The number of halogens is 1. The lowest BCUT2D eigenvalue weighted by atomic mass is 10.1. The van der Waals surface area contributed by atoms with Gasteiger partial charge in [-0.05, 0) is 31.9 Å². The Labute approximate surface area is 201 Å². The summed E-state index contributed by atoms with van der Waals surface area (Å²) in [4.78, 5) is 25.2. The van der Waals surface area contributed by atoms with E-state index in [1.807, 2.05) is 6.92 Å². The van der Waals surface area contributed by atoms with Crippen LogP contribution in [0.3, 0.4) is 0 Å². The minimum Gasteiger partial charge on any atom is -0.477 e. The average molecular weight is 511 g/mol. The highest BCUT2D eigenvalue weighted by Crippen LogP contribution is 2.31. The van der Waals surface area contributed by atoms with Gasteiger partial charge in [0.1, 0.15) is 6.04 Å². The van der Waals surface area contributed by atoms with Gasteiger partial charge in [0.2, 0.25) is 21.8 Å². The monoisotopic (exact) mass is 510 g/mol. The first kappa shape index (κ1) is 24.8. The van der Waals surface area contributed by atoms with Crippen LogP contribution in [0.15, 0.2) is 42.0 Å². The number of amides is 1. The number of carbonyl (C=O) groups excluding carboxylic acids is 1. The molecule has 1 amide bonds. The van der Waals surface area contributed by atoms with Crippen LogP contribution in [-0.2, 0) is 14.8 Å². The van der Waals surface area contributed by atoms with Crippen LogP contribution >= 0.6 is 23.7 Å². The van der Waals surface area contributed by atoms with Crippen LogP contribution in [0.25, 0.3) is 11.3 Å². The molecule has 33 heavy (non-hydrogen) atoms. The minimum atomic E-state index is -3.42. The summed E-state index contributed by atoms with van der Waals surface area (Å²) in [6.45, 7) is 2.37. The van der Waals surface area contributed by atoms with Gasteiger partial charge in [0, 0.05) is 16.6 Å². The van der Waals surface area contributed by atoms with Gasteiger partial charge in [0.15, 0.2) is 5.13 Å². The first-order valence-electron chi connectivity index (χ1n) is 9.94. The Hall–Kier alpha value is -2.80. The van der Waals surface area contributed by atoms with E-state index in [9.17, 15) is 13.2 Å². The molecule has 1 unspecified atom stereocenters. The summed E-state index contributed by atoms with van der Waals surface area (Å²) in [6.07, 6.45) is 4.48. The Balaban J connectivity index is 0.00000306. The molecule has 0 saturated heterocycles. The maximum Gasteiger partial charge on any atom is 0.247 e. The number of aromatic nitrogens is 3. The van der Waals surface area contributed by atoms with Gasteiger partial charge in [-0.2, -0.15) is 0 Å². The zero-order valence-corrected chi connectivity index (χ0v) is 20.0. The fourth-order valence-corrected chi connectivity index (χ4v) is 5.19. The van der Waals surface area contributed by atoms with E-state index in [0.29, 0.717) is 42.4 Å². The van der Waals surface area contributed by atoms with Crippen molar-refractivity contribution < 1.29 is 17.9 Å². The predicted molar refractivity (Wildman–Crippen MR) is 129 cm³/mol. The molecule has 2 aromatic heterocycles. The summed E-state index contributed by atoms with van der Waals surface area (Å²) in [5.41, 5.74) is 8.33. The molecule has 1 aliphatic rings. The summed E-state index contributed by atoms with van der Waals surface area (Å²) in [5.74, 6) is -0.0202. The van der Waals surface area contributed by atoms with Crippen molar-refractivity contribution >= 4 is 50.5 Å². The normalized spacial score (nSPS) is 14.1. The average Bonchev–Trinajstić information content (AvgIpc) is 3.55. The Bertz CT molecular complexity index is 1220. The van der Waals surface area contributed by atoms with Crippen molar-refractivity contribution in [1.82, 2.24) is 15.0 Å². The number of hydrogen-bond acceptors (Lipinski definition) is 9. The lowest BCUT2D eigenvalue weighted by Gasteiger charge is -2.11. The molecule has 0 bridgehead atoms. The molecule has 1 atom stereocenters. The highest BCUT2D eigenvalue weighted by molar-refractivity contribution is 7.93. The van der Waals surface area contributed by atoms with Gasteiger partial charge in [0.25, 0.3) is 0 Å². The molecular formula is C20H23ClN6O4S2. The second kappa shape index (κ2) is 10.4. The largest absolute Gasteiger partial charge is 0.477 e. The van der Waals surface area contributed by atoms with Crippen LogP contribution < -0.4 is 20.5 Å². The third kappa shape index (κ3) is 6.16. The van der Waals surface area contributed by atoms with Crippen LogP contribution in [0, 0.1) is 0 Å². The molecule has 0 aliphatic heterocycles. The smallest absolute Gasteiger partial charge is 0.247 e. The van der Waals surface area contributed by atoms with Crippen molar-refractivity contribution in [2.75, 3.05) is 16.6 Å². The number of hydrogen-bond donors (Lipinski definition) is 3. The lowest BCUT2D eigenvalue weighted by Crippen LogP contribution is -2.28. The summed E-state index contributed by atoms with van der Waals surface area (Å²) in [5, 5.41) is 4.15. The molecule has 10 nitrogen and oxygen atoms in total. The molecule has 4 N–H and O–H groups in total. The van der Waals surface area contributed by atoms with Gasteiger partial charge in [-0.3, -0.25) is 14.5 Å². The number of anilines is 2. The maximum absolute atomic E-state index is 12.5. The van der Waals surface area contributed by atoms with Crippen LogP contribution in [0.5, 0.6) is 5.88 Å². The molecule has 3 aromatic rings. The van der Waals surface area contributed by atoms with Crippen molar-refractivity contribution in [1.29, 1.82) is 0 Å². The molecule has 2 heterocycles. The molecule has 0 radical (unpaired) electrons. The standard InChI is InChI=1S/C20H22N6O4S2.ClH/c1-2-30-17-10-22-9-15(24-17)12-3-5-13(6-4-12)23-19(27)18(21)16-11-31-20(25-16)26-32(28,29)14-7-8-14;/h3-6,9-11,14,18H,2,7-8,21H2,1H3,(H,23,27)(H,25,26);1H. The molecule has 0 spiro atoms. The topological polar surface area (TPSA) is 149 Å². The number of ether oxygens (including phenoxy) is 1. The van der Waals surface area contributed by atoms with Gasteiger partial charge in [-0.15, -0.1) is 23.7 Å². The fraction of sp³-hybridized carbons (Fsp3) is 0.300. The lowest BCUT2D eigenvalue weighted by molar-refractivity contribution is -0.117. The summed E-state index contributed by atoms with van der Waals surface area (Å²) in [6, 6.07) is 6.01. The van der Waals surface area contributed by atoms with E-state index < -0.39 is 22.0 Å². The van der Waals surface area contributed by atoms with Crippen molar-refractivity contribution in [3.8, 4) is 17.1 Å². The molecule has 4 rings (SSSR count). The molecule has 13 heteroatoms. The van der Waals surface area contributed by atoms with Crippen LogP contribution in [0.4, 0.5) is 10.8 Å². The summed E-state index contributed by atoms with van der Waals surface area (Å²) < 4.78 is 31.9. The van der Waals surface area contributed by atoms with Gasteiger partial charge in [-0.1, -0.05) is 12.1 Å². The first-order chi connectivity index (χ1) is 15.4. The Morgan fingerprint density at radius 1 is 1.24 bits per heavy atom. The number of nitrogens with two attached hydrogens (primary N) is 1. The van der Waals surface area contributed by atoms with Crippen molar-refractivity contribution in [2.45, 2.75) is 31.1 Å². The zero-order valence-electron chi connectivity index (χ0n) is 17.6. The predicted octanol–water partition coefficient (Wildman–Crippen LogP) is 2.96. The first-order valence-corrected chi connectivity index (χ1v) is 12.4. The number of thiazole rings is 1. The van der Waals surface area contributed by atoms with E-state index in [2.05, 4.69) is 25.0 Å². The van der Waals surface area contributed by atoms with E-state index in [0.717, 1.165) is 16.9 Å². The molecule has 1 aromatic carbocycles. The third-order valence-electron chi connectivity index (χ3n) is 4.67. The molecule has 1 aliphatic carbocycles. The quantitative estimate of drug-likeness (QED) is 0.397. The van der Waals surface area contributed by atoms with Crippen LogP contribution in [0.1, 0.15) is 31.5 Å². The minimum absolute atomic E-state index is 0. The number of rotatable bonds is 9. The summed E-state index contributed by atoms with van der Waals surface area (Å²) >= 11 is 1.09. The third-order valence-corrected chi connectivity index (χ3v) is 7.40. The number of benzene rings is 1. The molecule has 1 saturated carbocycles. The van der Waals surface area contributed by atoms with Gasteiger partial charge in [0.05, 0.1) is 35.6 Å². The van der Waals surface area contributed by atoms with E-state index in [1.165, 1.54) is 0 Å². The maximum atomic E-state index is 12.5. The van der Waals surface area contributed by atoms with E-state index in [4.69, 9.17) is 10.5 Å². The van der Waals surface area contributed by atoms with Crippen LogP contribution in [0.2, 0.25) is 0 Å². The van der Waals surface area contributed by atoms with E-state index >= 15 is 0 Å². The molecule has 1 fully saturated rings. The summed E-state index contributed by atoms with van der Waals surface area (Å²) in [7, 11) is -3.42. The van der Waals surface area contributed by atoms with Crippen molar-refractivity contribution in [2.24, 2.45) is 5.73 Å². The number of carbonyl (C=O) groups is 1. The second-order valence-electron chi connectivity index (χ2n) is 7.14. The van der Waals surface area contributed by atoms with Gasteiger partial charge >= 0.3 is 0 Å². The van der Waals surface area contributed by atoms with E-state index in [1.54, 1.807) is 42.0 Å². The molecular weight excluding hydrogens is 488 g/mol. The highest BCUT2D eigenvalue weighted by atomic mass is 35.5.